The quantitative estimate of drug-likeness (QED) is 0.637. The van der Waals surface area contributed by atoms with Gasteiger partial charge in [0.25, 0.3) is 5.91 Å². The van der Waals surface area contributed by atoms with Crippen LogP contribution in [0.1, 0.15) is 21.5 Å². The van der Waals surface area contributed by atoms with E-state index in [0.29, 0.717) is 11.3 Å². The van der Waals surface area contributed by atoms with Gasteiger partial charge in [-0.15, -0.1) is 0 Å². The Balaban J connectivity index is 1.55. The molecule has 0 aliphatic heterocycles. The molecule has 1 N–H and O–H groups in total. The predicted octanol–water partition coefficient (Wildman–Crippen LogP) is 3.05. The average Bonchev–Trinajstić information content (AvgIpc) is 3.05. The number of ether oxygens (including phenoxy) is 1. The highest BCUT2D eigenvalue weighted by Gasteiger charge is 2.19. The van der Waals surface area contributed by atoms with Crippen molar-refractivity contribution in [2.45, 2.75) is 13.8 Å². The van der Waals surface area contributed by atoms with Crippen LogP contribution in [0, 0.1) is 13.8 Å². The van der Waals surface area contributed by atoms with Crippen molar-refractivity contribution in [2.24, 2.45) is 7.05 Å². The Labute approximate surface area is 175 Å². The molecule has 7 nitrogen and oxygen atoms in total. The maximum atomic E-state index is 12.4. The lowest BCUT2D eigenvalue weighted by atomic mass is 10.1. The molecule has 3 rings (SSSR count). The number of nitrogens with one attached hydrogen (secondary N) is 1. The Kier molecular flexibility index (Phi) is 6.20. The highest BCUT2D eigenvalue weighted by Crippen LogP contribution is 2.21. The number of carbonyl (C=O) groups is 3. The molecule has 0 fully saturated rings. The molecule has 7 heteroatoms. The van der Waals surface area contributed by atoms with E-state index in [1.807, 2.05) is 67.9 Å². The van der Waals surface area contributed by atoms with E-state index in [9.17, 15) is 14.4 Å². The van der Waals surface area contributed by atoms with Crippen molar-refractivity contribution in [3.05, 3.63) is 65.4 Å². The maximum Gasteiger partial charge on any atom is 0.340 e. The Morgan fingerprint density at radius 3 is 2.60 bits per heavy atom. The molecule has 1 heterocycles. The summed E-state index contributed by atoms with van der Waals surface area (Å²) >= 11 is 0. The van der Waals surface area contributed by atoms with E-state index < -0.39 is 18.5 Å². The summed E-state index contributed by atoms with van der Waals surface area (Å²) in [6.07, 6.45) is 1.68. The molecule has 0 saturated heterocycles. The van der Waals surface area contributed by atoms with E-state index in [1.165, 1.54) is 11.9 Å². The van der Waals surface area contributed by atoms with E-state index in [2.05, 4.69) is 5.32 Å². The molecule has 2 amide bonds. The van der Waals surface area contributed by atoms with Gasteiger partial charge in [0, 0.05) is 36.9 Å². The summed E-state index contributed by atoms with van der Waals surface area (Å²) in [6.45, 7) is 3.26. The third-order valence-electron chi connectivity index (χ3n) is 4.92. The van der Waals surface area contributed by atoms with E-state index in [0.717, 1.165) is 22.0 Å². The van der Waals surface area contributed by atoms with Gasteiger partial charge in [0.1, 0.15) is 0 Å². The zero-order chi connectivity index (χ0) is 21.8. The molecule has 0 radical (unpaired) electrons. The molecule has 2 aromatic carbocycles. The molecular weight excluding hydrogens is 382 g/mol. The molecular formula is C23H25N3O4. The van der Waals surface area contributed by atoms with Gasteiger partial charge in [0.2, 0.25) is 5.91 Å². The van der Waals surface area contributed by atoms with Crippen LogP contribution in [-0.4, -0.2) is 47.4 Å². The summed E-state index contributed by atoms with van der Waals surface area (Å²) in [6, 6.07) is 13.2. The second-order valence-corrected chi connectivity index (χ2v) is 7.36. The Morgan fingerprint density at radius 2 is 1.83 bits per heavy atom. The van der Waals surface area contributed by atoms with Gasteiger partial charge in [0.05, 0.1) is 12.1 Å². The SMILES string of the molecule is Cc1ccc(C)c(NC(=O)CN(C)C(=O)COC(=O)c2cn(C)c3ccccc23)c1. The van der Waals surface area contributed by atoms with Crippen LogP contribution in [0.15, 0.2) is 48.7 Å². The van der Waals surface area contributed by atoms with Crippen LogP contribution in [-0.2, 0) is 21.4 Å². The number of likely N-dealkylation sites (N-methyl/N-ethyl adjacent to an activating group) is 1. The van der Waals surface area contributed by atoms with Gasteiger partial charge in [-0.2, -0.15) is 0 Å². The number of rotatable bonds is 6. The largest absolute Gasteiger partial charge is 0.452 e. The molecule has 0 spiro atoms. The lowest BCUT2D eigenvalue weighted by Gasteiger charge is -2.17. The molecule has 0 atom stereocenters. The van der Waals surface area contributed by atoms with E-state index in [-0.39, 0.29) is 12.5 Å². The number of benzene rings is 2. The van der Waals surface area contributed by atoms with Crippen molar-refractivity contribution in [2.75, 3.05) is 25.5 Å². The number of hydrogen-bond donors (Lipinski definition) is 1. The highest BCUT2D eigenvalue weighted by atomic mass is 16.5. The number of fused-ring (bicyclic) bond motifs is 1. The summed E-state index contributed by atoms with van der Waals surface area (Å²) in [4.78, 5) is 38.3. The Morgan fingerprint density at radius 1 is 1.10 bits per heavy atom. The van der Waals surface area contributed by atoms with Crippen LogP contribution in [0.5, 0.6) is 0 Å². The molecule has 0 bridgehead atoms. The number of para-hydroxylation sites is 1. The summed E-state index contributed by atoms with van der Waals surface area (Å²) in [5.74, 6) is -1.35. The smallest absolute Gasteiger partial charge is 0.340 e. The number of aryl methyl sites for hydroxylation is 3. The fourth-order valence-corrected chi connectivity index (χ4v) is 3.18. The first kappa shape index (κ1) is 21.1. The number of hydrogen-bond acceptors (Lipinski definition) is 4. The molecule has 3 aromatic rings. The van der Waals surface area contributed by atoms with Crippen LogP contribution >= 0.6 is 0 Å². The first-order valence-corrected chi connectivity index (χ1v) is 9.58. The summed E-state index contributed by atoms with van der Waals surface area (Å²) < 4.78 is 7.02. The number of anilines is 1. The minimum absolute atomic E-state index is 0.141. The van der Waals surface area contributed by atoms with Gasteiger partial charge < -0.3 is 19.5 Å². The summed E-state index contributed by atoms with van der Waals surface area (Å²) in [5.41, 5.74) is 3.98. The van der Waals surface area contributed by atoms with Crippen LogP contribution < -0.4 is 5.32 Å². The van der Waals surface area contributed by atoms with Crippen molar-refractivity contribution in [1.29, 1.82) is 0 Å². The van der Waals surface area contributed by atoms with Gasteiger partial charge in [-0.3, -0.25) is 9.59 Å². The van der Waals surface area contributed by atoms with E-state index in [4.69, 9.17) is 4.74 Å². The maximum absolute atomic E-state index is 12.4. The molecule has 0 unspecified atom stereocenters. The third-order valence-corrected chi connectivity index (χ3v) is 4.92. The van der Waals surface area contributed by atoms with Crippen molar-refractivity contribution >= 4 is 34.4 Å². The second kappa shape index (κ2) is 8.82. The fourth-order valence-electron chi connectivity index (χ4n) is 3.18. The number of carbonyl (C=O) groups excluding carboxylic acids is 3. The van der Waals surface area contributed by atoms with Crippen LogP contribution in [0.3, 0.4) is 0 Å². The lowest BCUT2D eigenvalue weighted by molar-refractivity contribution is -0.136. The molecule has 30 heavy (non-hydrogen) atoms. The summed E-state index contributed by atoms with van der Waals surface area (Å²) in [7, 11) is 3.34. The minimum Gasteiger partial charge on any atom is -0.452 e. The van der Waals surface area contributed by atoms with Crippen molar-refractivity contribution in [3.63, 3.8) is 0 Å². The van der Waals surface area contributed by atoms with Crippen LogP contribution in [0.2, 0.25) is 0 Å². The predicted molar refractivity (Wildman–Crippen MR) is 115 cm³/mol. The normalized spacial score (nSPS) is 10.7. The standard InChI is InChI=1S/C23H25N3O4/c1-15-9-10-16(2)19(11-15)24-21(27)13-26(4)22(28)14-30-23(29)18-12-25(3)20-8-6-5-7-17(18)20/h5-12H,13-14H2,1-4H3,(H,24,27). The molecule has 1 aromatic heterocycles. The number of aromatic nitrogens is 1. The average molecular weight is 407 g/mol. The summed E-state index contributed by atoms with van der Waals surface area (Å²) in [5, 5.41) is 3.57. The Hall–Kier alpha value is -3.61. The zero-order valence-corrected chi connectivity index (χ0v) is 17.6. The molecule has 0 saturated carbocycles. The first-order valence-electron chi connectivity index (χ1n) is 9.58. The monoisotopic (exact) mass is 407 g/mol. The highest BCUT2D eigenvalue weighted by molar-refractivity contribution is 6.05. The minimum atomic E-state index is -0.576. The van der Waals surface area contributed by atoms with Gasteiger partial charge in [-0.05, 0) is 37.1 Å². The zero-order valence-electron chi connectivity index (χ0n) is 17.6. The first-order chi connectivity index (χ1) is 14.3. The number of nitrogens with zero attached hydrogens (tertiary/aromatic N) is 2. The van der Waals surface area contributed by atoms with Gasteiger partial charge in [-0.25, -0.2) is 4.79 Å². The Bertz CT molecular complexity index is 1120. The van der Waals surface area contributed by atoms with Gasteiger partial charge >= 0.3 is 5.97 Å². The third kappa shape index (κ3) is 4.68. The van der Waals surface area contributed by atoms with E-state index in [1.54, 1.807) is 6.20 Å². The molecule has 0 aliphatic carbocycles. The van der Waals surface area contributed by atoms with Gasteiger partial charge in [0.15, 0.2) is 6.61 Å². The van der Waals surface area contributed by atoms with Crippen molar-refractivity contribution in [1.82, 2.24) is 9.47 Å². The topological polar surface area (TPSA) is 80.6 Å². The van der Waals surface area contributed by atoms with E-state index >= 15 is 0 Å². The molecule has 156 valence electrons. The number of esters is 1. The van der Waals surface area contributed by atoms with Gasteiger partial charge in [-0.1, -0.05) is 30.3 Å². The lowest BCUT2D eigenvalue weighted by Crippen LogP contribution is -2.37. The number of amides is 2. The molecule has 0 aliphatic rings. The fraction of sp³-hybridized carbons (Fsp3) is 0.261. The van der Waals surface area contributed by atoms with Crippen molar-refractivity contribution in [3.8, 4) is 0 Å². The van der Waals surface area contributed by atoms with Crippen LogP contribution in [0.4, 0.5) is 5.69 Å². The van der Waals surface area contributed by atoms with Crippen molar-refractivity contribution < 1.29 is 19.1 Å². The van der Waals surface area contributed by atoms with Crippen LogP contribution in [0.25, 0.3) is 10.9 Å². The second-order valence-electron chi connectivity index (χ2n) is 7.36.